The van der Waals surface area contributed by atoms with E-state index in [2.05, 4.69) is 21.8 Å². The molecule has 0 bridgehead atoms. The van der Waals surface area contributed by atoms with Crippen molar-refractivity contribution in [1.82, 2.24) is 15.2 Å². The summed E-state index contributed by atoms with van der Waals surface area (Å²) in [5.41, 5.74) is 2.11. The average Bonchev–Trinajstić information content (AvgIpc) is 2.38. The van der Waals surface area contributed by atoms with E-state index in [0.717, 1.165) is 43.7 Å². The molecular formula is C14H21Cl4N3. The Labute approximate surface area is 148 Å². The van der Waals surface area contributed by atoms with E-state index in [1.807, 2.05) is 6.92 Å². The molecule has 2 heterocycles. The smallest absolute Gasteiger partial charge is 0.0652 e. The van der Waals surface area contributed by atoms with Gasteiger partial charge in [-0.25, -0.2) is 0 Å². The molecule has 1 fully saturated rings. The molecule has 0 unspecified atom stereocenters. The summed E-state index contributed by atoms with van der Waals surface area (Å²) >= 11 is 12.6. The number of hydrogen-bond acceptors (Lipinski definition) is 3. The summed E-state index contributed by atoms with van der Waals surface area (Å²) < 4.78 is 0. The maximum atomic E-state index is 6.31. The third-order valence-electron chi connectivity index (χ3n) is 3.36. The molecule has 21 heavy (non-hydrogen) atoms. The van der Waals surface area contributed by atoms with E-state index in [4.69, 9.17) is 23.2 Å². The van der Waals surface area contributed by atoms with Gasteiger partial charge in [0.1, 0.15) is 0 Å². The van der Waals surface area contributed by atoms with Crippen molar-refractivity contribution in [2.24, 2.45) is 0 Å². The van der Waals surface area contributed by atoms with Gasteiger partial charge in [0.2, 0.25) is 0 Å². The summed E-state index contributed by atoms with van der Waals surface area (Å²) in [5.74, 6) is 0. The van der Waals surface area contributed by atoms with Crippen molar-refractivity contribution in [3.8, 4) is 0 Å². The number of halogens is 4. The molecule has 2 rings (SSSR count). The topological polar surface area (TPSA) is 28.2 Å². The molecule has 0 aromatic carbocycles. The zero-order chi connectivity index (χ0) is 13.8. The lowest BCUT2D eigenvalue weighted by atomic mass is 9.98. The molecule has 0 saturated carbocycles. The van der Waals surface area contributed by atoms with Gasteiger partial charge in [-0.1, -0.05) is 28.8 Å². The van der Waals surface area contributed by atoms with Crippen molar-refractivity contribution in [1.29, 1.82) is 0 Å². The minimum absolute atomic E-state index is 0. The maximum absolute atomic E-state index is 6.31. The molecule has 1 aromatic heterocycles. The minimum Gasteiger partial charge on any atom is -0.314 e. The first-order valence-corrected chi connectivity index (χ1v) is 7.23. The lowest BCUT2D eigenvalue weighted by Crippen LogP contribution is -2.45. The minimum atomic E-state index is 0. The molecule has 1 aliphatic rings. The molecule has 1 aliphatic heterocycles. The van der Waals surface area contributed by atoms with Gasteiger partial charge in [-0.05, 0) is 13.3 Å². The molecule has 7 heteroatoms. The number of hydrogen-bond donors (Lipinski definition) is 1. The highest BCUT2D eigenvalue weighted by atomic mass is 35.5. The summed E-state index contributed by atoms with van der Waals surface area (Å²) in [4.78, 5) is 6.45. The van der Waals surface area contributed by atoms with Crippen LogP contribution in [0.4, 0.5) is 0 Å². The Morgan fingerprint density at radius 2 is 1.81 bits per heavy atom. The molecule has 120 valence electrons. The number of rotatable bonds is 4. The van der Waals surface area contributed by atoms with Crippen molar-refractivity contribution in [3.05, 3.63) is 40.2 Å². The molecule has 1 N–H and O–H groups in total. The maximum Gasteiger partial charge on any atom is 0.0652 e. The van der Waals surface area contributed by atoms with Crippen LogP contribution in [0.1, 0.15) is 24.9 Å². The first kappa shape index (κ1) is 21.0. The second-order valence-corrected chi connectivity index (χ2v) is 5.79. The first-order chi connectivity index (χ1) is 9.09. The van der Waals surface area contributed by atoms with Crippen molar-refractivity contribution >= 4 is 48.0 Å². The molecule has 1 aromatic rings. The predicted octanol–water partition coefficient (Wildman–Crippen LogP) is 4.14. The number of aromatic nitrogens is 1. The first-order valence-electron chi connectivity index (χ1n) is 6.47. The summed E-state index contributed by atoms with van der Waals surface area (Å²) in [6, 6.07) is 0.183. The third kappa shape index (κ3) is 5.59. The van der Waals surface area contributed by atoms with Crippen LogP contribution in [0, 0.1) is 0 Å². The molecule has 0 spiro atoms. The van der Waals surface area contributed by atoms with Gasteiger partial charge in [0, 0.05) is 50.2 Å². The normalized spacial score (nSPS) is 16.5. The summed E-state index contributed by atoms with van der Waals surface area (Å²) in [6.45, 7) is 10.0. The Morgan fingerprint density at radius 3 is 2.29 bits per heavy atom. The Morgan fingerprint density at radius 1 is 1.29 bits per heavy atom. The van der Waals surface area contributed by atoms with Crippen LogP contribution in [0.2, 0.25) is 10.0 Å². The molecule has 0 amide bonds. The molecular weight excluding hydrogens is 352 g/mol. The van der Waals surface area contributed by atoms with E-state index in [1.165, 1.54) is 0 Å². The zero-order valence-electron chi connectivity index (χ0n) is 11.9. The average molecular weight is 373 g/mol. The van der Waals surface area contributed by atoms with E-state index in [1.54, 1.807) is 12.4 Å². The van der Waals surface area contributed by atoms with Gasteiger partial charge in [-0.2, -0.15) is 0 Å². The highest BCUT2D eigenvalue weighted by molar-refractivity contribution is 6.35. The number of nitrogens with one attached hydrogen (secondary N) is 1. The predicted molar refractivity (Wildman–Crippen MR) is 95.4 cm³/mol. The van der Waals surface area contributed by atoms with Gasteiger partial charge in [-0.15, -0.1) is 31.4 Å². The number of nitrogens with zero attached hydrogens (tertiary/aromatic N) is 2. The summed E-state index contributed by atoms with van der Waals surface area (Å²) in [6.07, 6.45) is 4.19. The van der Waals surface area contributed by atoms with Gasteiger partial charge in [0.15, 0.2) is 0 Å². The van der Waals surface area contributed by atoms with Crippen LogP contribution in [0.3, 0.4) is 0 Å². The third-order valence-corrected chi connectivity index (χ3v) is 3.96. The quantitative estimate of drug-likeness (QED) is 0.804. The monoisotopic (exact) mass is 371 g/mol. The molecule has 0 aliphatic carbocycles. The standard InChI is InChI=1S/C14H19Cl2N3.2ClH/c1-10(2)7-13(19-5-3-17-4-6-19)14-11(15)8-18-9-12(14)16;;/h8-9,13,17H,1,3-7H2,2H3;2*1H/t13-;;/m1../s1. The van der Waals surface area contributed by atoms with Crippen LogP contribution in [0.25, 0.3) is 0 Å². The Balaban J connectivity index is 0.00000200. The van der Waals surface area contributed by atoms with Crippen LogP contribution in [-0.4, -0.2) is 36.1 Å². The second-order valence-electron chi connectivity index (χ2n) is 4.98. The zero-order valence-corrected chi connectivity index (χ0v) is 15.1. The van der Waals surface area contributed by atoms with Gasteiger partial charge in [0.05, 0.1) is 10.0 Å². The highest BCUT2D eigenvalue weighted by Crippen LogP contribution is 2.36. The largest absolute Gasteiger partial charge is 0.314 e. The van der Waals surface area contributed by atoms with Crippen LogP contribution in [0.15, 0.2) is 24.5 Å². The molecule has 3 nitrogen and oxygen atoms in total. The van der Waals surface area contributed by atoms with E-state index in [0.29, 0.717) is 10.0 Å². The summed E-state index contributed by atoms with van der Waals surface area (Å²) in [5, 5.41) is 4.63. The Hall–Kier alpha value is -0.0300. The number of pyridine rings is 1. The Bertz CT molecular complexity index is 441. The fourth-order valence-corrected chi connectivity index (χ4v) is 3.09. The van der Waals surface area contributed by atoms with Crippen molar-refractivity contribution in [3.63, 3.8) is 0 Å². The van der Waals surface area contributed by atoms with E-state index in [-0.39, 0.29) is 30.9 Å². The van der Waals surface area contributed by atoms with Crippen molar-refractivity contribution in [2.75, 3.05) is 26.2 Å². The van der Waals surface area contributed by atoms with Crippen molar-refractivity contribution < 1.29 is 0 Å². The lowest BCUT2D eigenvalue weighted by Gasteiger charge is -2.36. The molecule has 0 radical (unpaired) electrons. The van der Waals surface area contributed by atoms with Crippen LogP contribution < -0.4 is 5.32 Å². The van der Waals surface area contributed by atoms with Crippen LogP contribution >= 0.6 is 48.0 Å². The van der Waals surface area contributed by atoms with E-state index < -0.39 is 0 Å². The van der Waals surface area contributed by atoms with Crippen molar-refractivity contribution in [2.45, 2.75) is 19.4 Å². The fraction of sp³-hybridized carbons (Fsp3) is 0.500. The van der Waals surface area contributed by atoms with Crippen LogP contribution in [-0.2, 0) is 0 Å². The molecule has 1 saturated heterocycles. The SMILES string of the molecule is C=C(C)C[C@H](c1c(Cl)cncc1Cl)N1CCNCC1.Cl.Cl. The van der Waals surface area contributed by atoms with E-state index in [9.17, 15) is 0 Å². The van der Waals surface area contributed by atoms with Crippen LogP contribution in [0.5, 0.6) is 0 Å². The number of piperazine rings is 1. The highest BCUT2D eigenvalue weighted by Gasteiger charge is 2.26. The summed E-state index contributed by atoms with van der Waals surface area (Å²) in [7, 11) is 0. The van der Waals surface area contributed by atoms with Gasteiger partial charge in [0.25, 0.3) is 0 Å². The van der Waals surface area contributed by atoms with Gasteiger partial charge < -0.3 is 5.32 Å². The van der Waals surface area contributed by atoms with Gasteiger partial charge >= 0.3 is 0 Å². The Kier molecular flexibility index (Phi) is 9.87. The lowest BCUT2D eigenvalue weighted by molar-refractivity contribution is 0.172. The fourth-order valence-electron chi connectivity index (χ4n) is 2.48. The second kappa shape index (κ2) is 9.88. The van der Waals surface area contributed by atoms with E-state index >= 15 is 0 Å². The molecule has 1 atom stereocenters. The van der Waals surface area contributed by atoms with Gasteiger partial charge in [-0.3, -0.25) is 9.88 Å².